The zero-order chi connectivity index (χ0) is 17.1. The number of hydrogen-bond acceptors (Lipinski definition) is 3. The fourth-order valence-electron chi connectivity index (χ4n) is 3.53. The average molecular weight is 370 g/mol. The van der Waals surface area contributed by atoms with E-state index in [9.17, 15) is 4.79 Å². The maximum atomic E-state index is 12.2. The maximum absolute atomic E-state index is 12.2. The smallest absolute Gasteiger partial charge is 0.189 e. The number of piperazine rings is 1. The van der Waals surface area contributed by atoms with Crippen molar-refractivity contribution in [2.75, 3.05) is 26.2 Å². The lowest BCUT2D eigenvalue weighted by atomic mass is 10.1. The van der Waals surface area contributed by atoms with Gasteiger partial charge in [0, 0.05) is 61.9 Å². The molecule has 0 amide bonds. The Kier molecular flexibility index (Phi) is 6.09. The molecule has 5 heteroatoms. The monoisotopic (exact) mass is 369 g/mol. The largest absolute Gasteiger partial charge is 0.357 e. The second-order valence-electron chi connectivity index (χ2n) is 6.74. The minimum absolute atomic E-state index is 0. The van der Waals surface area contributed by atoms with Crippen molar-refractivity contribution in [3.8, 4) is 0 Å². The Hall–Kier alpha value is -2.14. The first kappa shape index (κ1) is 18.6. The SMILES string of the molecule is Cl.O=c1cc(CN2CCN(Cc3ccccc3)CC2)[nH]c2ccccc12. The van der Waals surface area contributed by atoms with E-state index in [1.807, 2.05) is 24.3 Å². The molecule has 0 atom stereocenters. The van der Waals surface area contributed by atoms with Gasteiger partial charge >= 0.3 is 0 Å². The van der Waals surface area contributed by atoms with Gasteiger partial charge in [0.1, 0.15) is 0 Å². The minimum Gasteiger partial charge on any atom is -0.357 e. The number of nitrogens with one attached hydrogen (secondary N) is 1. The molecule has 0 aliphatic carbocycles. The Bertz CT molecular complexity index is 902. The predicted molar refractivity (Wildman–Crippen MR) is 109 cm³/mol. The van der Waals surface area contributed by atoms with Crippen molar-refractivity contribution in [2.24, 2.45) is 0 Å². The van der Waals surface area contributed by atoms with Crippen LogP contribution in [-0.4, -0.2) is 41.0 Å². The lowest BCUT2D eigenvalue weighted by Gasteiger charge is -2.34. The number of aromatic nitrogens is 1. The highest BCUT2D eigenvalue weighted by atomic mass is 35.5. The number of pyridine rings is 1. The van der Waals surface area contributed by atoms with Gasteiger partial charge in [0.05, 0.1) is 0 Å². The number of aromatic amines is 1. The standard InChI is InChI=1S/C21H23N3O.ClH/c25-21-14-18(22-20-9-5-4-8-19(20)21)16-24-12-10-23(11-13-24)15-17-6-2-1-3-7-17;/h1-9,14H,10-13,15-16H2,(H,22,25);1H. The quantitative estimate of drug-likeness (QED) is 0.767. The summed E-state index contributed by atoms with van der Waals surface area (Å²) < 4.78 is 0. The molecular formula is C21H24ClN3O. The Labute approximate surface area is 159 Å². The molecule has 1 N–H and O–H groups in total. The van der Waals surface area contributed by atoms with Gasteiger partial charge in [-0.15, -0.1) is 12.4 Å². The molecule has 1 aromatic heterocycles. The van der Waals surface area contributed by atoms with Gasteiger partial charge in [-0.1, -0.05) is 42.5 Å². The summed E-state index contributed by atoms with van der Waals surface area (Å²) in [5.74, 6) is 0. The summed E-state index contributed by atoms with van der Waals surface area (Å²) in [6.45, 7) is 6.00. The predicted octanol–water partition coefficient (Wildman–Crippen LogP) is 3.27. The number of fused-ring (bicyclic) bond motifs is 1. The van der Waals surface area contributed by atoms with Crippen molar-refractivity contribution < 1.29 is 0 Å². The molecule has 1 saturated heterocycles. The molecule has 0 unspecified atom stereocenters. The third-order valence-corrected chi connectivity index (χ3v) is 4.90. The average Bonchev–Trinajstić information content (AvgIpc) is 2.64. The molecule has 2 heterocycles. The van der Waals surface area contributed by atoms with Crippen LogP contribution in [0.25, 0.3) is 10.9 Å². The van der Waals surface area contributed by atoms with E-state index in [0.717, 1.165) is 55.9 Å². The molecule has 3 aromatic rings. The lowest BCUT2D eigenvalue weighted by molar-refractivity contribution is 0.121. The molecule has 0 saturated carbocycles. The van der Waals surface area contributed by atoms with E-state index in [4.69, 9.17) is 0 Å². The number of benzene rings is 2. The van der Waals surface area contributed by atoms with E-state index < -0.39 is 0 Å². The molecule has 26 heavy (non-hydrogen) atoms. The summed E-state index contributed by atoms with van der Waals surface area (Å²) in [6.07, 6.45) is 0. The van der Waals surface area contributed by atoms with Gasteiger partial charge in [-0.05, 0) is 17.7 Å². The molecule has 4 nitrogen and oxygen atoms in total. The van der Waals surface area contributed by atoms with Crippen molar-refractivity contribution in [2.45, 2.75) is 13.1 Å². The van der Waals surface area contributed by atoms with Crippen molar-refractivity contribution in [3.63, 3.8) is 0 Å². The molecule has 0 bridgehead atoms. The summed E-state index contributed by atoms with van der Waals surface area (Å²) in [4.78, 5) is 20.6. The van der Waals surface area contributed by atoms with Crippen molar-refractivity contribution in [3.05, 3.63) is 82.1 Å². The molecule has 0 radical (unpaired) electrons. The van der Waals surface area contributed by atoms with E-state index in [2.05, 4.69) is 45.1 Å². The first-order valence-electron chi connectivity index (χ1n) is 8.87. The molecule has 1 aliphatic rings. The highest BCUT2D eigenvalue weighted by Gasteiger charge is 2.17. The van der Waals surface area contributed by atoms with E-state index in [0.29, 0.717) is 0 Å². The molecule has 136 valence electrons. The van der Waals surface area contributed by atoms with Gasteiger partial charge in [-0.3, -0.25) is 14.6 Å². The minimum atomic E-state index is 0. The zero-order valence-corrected chi connectivity index (χ0v) is 15.5. The van der Waals surface area contributed by atoms with Crippen LogP contribution >= 0.6 is 12.4 Å². The number of H-pyrrole nitrogens is 1. The molecule has 1 fully saturated rings. The van der Waals surface area contributed by atoms with Crippen LogP contribution in [0.4, 0.5) is 0 Å². The fraction of sp³-hybridized carbons (Fsp3) is 0.286. The van der Waals surface area contributed by atoms with Gasteiger partial charge in [0.25, 0.3) is 0 Å². The van der Waals surface area contributed by atoms with Crippen LogP contribution in [0.2, 0.25) is 0 Å². The summed E-state index contributed by atoms with van der Waals surface area (Å²) >= 11 is 0. The number of rotatable bonds is 4. The third kappa shape index (κ3) is 4.33. The van der Waals surface area contributed by atoms with Gasteiger partial charge in [-0.2, -0.15) is 0 Å². The number of nitrogens with zero attached hydrogens (tertiary/aromatic N) is 2. The Morgan fingerprint density at radius 1 is 0.808 bits per heavy atom. The second-order valence-corrected chi connectivity index (χ2v) is 6.74. The fourth-order valence-corrected chi connectivity index (χ4v) is 3.53. The highest BCUT2D eigenvalue weighted by molar-refractivity contribution is 5.85. The highest BCUT2D eigenvalue weighted by Crippen LogP contribution is 2.12. The maximum Gasteiger partial charge on any atom is 0.189 e. The zero-order valence-electron chi connectivity index (χ0n) is 14.7. The Morgan fingerprint density at radius 2 is 1.42 bits per heavy atom. The van der Waals surface area contributed by atoms with Gasteiger partial charge in [0.2, 0.25) is 0 Å². The first-order chi connectivity index (χ1) is 12.3. The number of halogens is 1. The van der Waals surface area contributed by atoms with Crippen molar-refractivity contribution >= 4 is 23.3 Å². The van der Waals surface area contributed by atoms with Gasteiger partial charge in [-0.25, -0.2) is 0 Å². The Morgan fingerprint density at radius 3 is 2.15 bits per heavy atom. The molecular weight excluding hydrogens is 346 g/mol. The van der Waals surface area contributed by atoms with Crippen molar-refractivity contribution in [1.29, 1.82) is 0 Å². The molecule has 4 rings (SSSR count). The molecule has 2 aromatic carbocycles. The van der Waals surface area contributed by atoms with Gasteiger partial charge in [0.15, 0.2) is 5.43 Å². The topological polar surface area (TPSA) is 39.3 Å². The van der Waals surface area contributed by atoms with Crippen LogP contribution in [-0.2, 0) is 13.1 Å². The number of hydrogen-bond donors (Lipinski definition) is 1. The summed E-state index contributed by atoms with van der Waals surface area (Å²) in [5.41, 5.74) is 3.40. The van der Waals surface area contributed by atoms with Crippen LogP contribution in [0.5, 0.6) is 0 Å². The van der Waals surface area contributed by atoms with Crippen LogP contribution in [0.3, 0.4) is 0 Å². The second kappa shape index (κ2) is 8.49. The summed E-state index contributed by atoms with van der Waals surface area (Å²) in [5, 5.41) is 0.763. The summed E-state index contributed by atoms with van der Waals surface area (Å²) in [7, 11) is 0. The molecule has 0 spiro atoms. The van der Waals surface area contributed by atoms with E-state index in [-0.39, 0.29) is 17.8 Å². The number of para-hydroxylation sites is 1. The first-order valence-corrected chi connectivity index (χ1v) is 8.87. The Balaban J connectivity index is 0.00000196. The molecule has 1 aliphatic heterocycles. The summed E-state index contributed by atoms with van der Waals surface area (Å²) in [6, 6.07) is 20.1. The lowest BCUT2D eigenvalue weighted by Crippen LogP contribution is -2.45. The van der Waals surface area contributed by atoms with Crippen LogP contribution in [0.1, 0.15) is 11.3 Å². The normalized spacial score (nSPS) is 15.7. The third-order valence-electron chi connectivity index (χ3n) is 4.90. The van der Waals surface area contributed by atoms with Crippen LogP contribution < -0.4 is 5.43 Å². The van der Waals surface area contributed by atoms with Crippen molar-refractivity contribution in [1.82, 2.24) is 14.8 Å². The van der Waals surface area contributed by atoms with E-state index in [1.165, 1.54) is 5.56 Å². The van der Waals surface area contributed by atoms with E-state index >= 15 is 0 Å². The van der Waals surface area contributed by atoms with Crippen LogP contribution in [0, 0.1) is 0 Å². The van der Waals surface area contributed by atoms with Gasteiger partial charge < -0.3 is 4.98 Å². The van der Waals surface area contributed by atoms with E-state index in [1.54, 1.807) is 6.07 Å². The van der Waals surface area contributed by atoms with Crippen LogP contribution in [0.15, 0.2) is 65.5 Å².